The fourth-order valence-electron chi connectivity index (χ4n) is 9.82. The number of aromatic hydroxyl groups is 1. The summed E-state index contributed by atoms with van der Waals surface area (Å²) in [6.45, 7) is 27.8. The minimum atomic E-state index is -0.440. The number of carbonyl (C=O) groups is 3. The Morgan fingerprint density at radius 2 is 0.726 bits per heavy atom. The molecule has 0 atom stereocenters. The molecule has 4 aromatic heterocycles. The van der Waals surface area contributed by atoms with Gasteiger partial charge in [0.2, 0.25) is 0 Å². The molecular weight excluding hydrogens is 1200 g/mol. The number of anilines is 2. The molecule has 9 rings (SSSR count). The lowest BCUT2D eigenvalue weighted by Gasteiger charge is -2.33. The average molecular weight is 1300 g/mol. The highest BCUT2D eigenvalue weighted by Crippen LogP contribution is 2.27. The fourth-order valence-corrected chi connectivity index (χ4v) is 10.3. The zero-order valence-corrected chi connectivity index (χ0v) is 54.4. The molecule has 0 unspecified atom stereocenters. The first-order valence-electron chi connectivity index (χ1n) is 30.1. The van der Waals surface area contributed by atoms with Crippen molar-refractivity contribution in [2.24, 2.45) is 17.8 Å². The molecule has 0 radical (unpaired) electrons. The lowest BCUT2D eigenvalue weighted by Crippen LogP contribution is -2.42. The van der Waals surface area contributed by atoms with E-state index in [1.54, 1.807) is 33.0 Å². The Balaban J connectivity index is 0.000000190. The van der Waals surface area contributed by atoms with Crippen molar-refractivity contribution in [2.75, 3.05) is 95.1 Å². The van der Waals surface area contributed by atoms with Crippen molar-refractivity contribution < 1.29 is 47.9 Å². The van der Waals surface area contributed by atoms with Crippen LogP contribution < -0.4 is 24.0 Å². The van der Waals surface area contributed by atoms with Crippen LogP contribution in [0.2, 0.25) is 0 Å². The van der Waals surface area contributed by atoms with Gasteiger partial charge in [-0.3, -0.25) is 0 Å². The maximum Gasteiger partial charge on any atom is 0.410 e. The summed E-state index contributed by atoms with van der Waals surface area (Å²) in [7, 11) is 0. The molecule has 84 heavy (non-hydrogen) atoms. The van der Waals surface area contributed by atoms with E-state index in [1.165, 1.54) is 44.7 Å². The van der Waals surface area contributed by atoms with Crippen LogP contribution in [0.25, 0.3) is 0 Å². The fraction of sp³-hybridized carbons (Fsp3) is 0.635. The number of amides is 3. The Bertz CT molecular complexity index is 2420. The van der Waals surface area contributed by atoms with Crippen LogP contribution in [0.1, 0.15) is 139 Å². The van der Waals surface area contributed by atoms with E-state index in [0.29, 0.717) is 37.6 Å². The van der Waals surface area contributed by atoms with Gasteiger partial charge >= 0.3 is 18.3 Å². The highest BCUT2D eigenvalue weighted by Gasteiger charge is 2.30. The van der Waals surface area contributed by atoms with Crippen LogP contribution in [0.3, 0.4) is 0 Å². The first-order chi connectivity index (χ1) is 39.9. The standard InChI is InChI=1S/2C21H33N3O3.C16H23BrN2O3.C5H4BrNO/c2*1-21(2,3)27-20(25)24-13-9-17(10-14-24)16-26-18-7-8-19(22-15-18)23-11-5-4-6-12-23;1-16(2,3)22-15(20)19-8-6-12(7-9-19)11-21-13-4-5-14(17)18-10-13;6-5-2-1-4(8)3-7-5/h2*7-8,15,17H,4-6,9-14,16H2,1-3H3;4-5,10,12H,6-9,11H2,1-3H3;1-3,8H. The van der Waals surface area contributed by atoms with Crippen LogP contribution >= 0.6 is 31.9 Å². The summed E-state index contributed by atoms with van der Waals surface area (Å²) in [6.07, 6.45) is 19.4. The summed E-state index contributed by atoms with van der Waals surface area (Å²) in [5.74, 6) is 6.10. The van der Waals surface area contributed by atoms with Crippen LogP contribution in [-0.2, 0) is 14.2 Å². The van der Waals surface area contributed by atoms with Gasteiger partial charge in [-0.05, 0) is 238 Å². The summed E-state index contributed by atoms with van der Waals surface area (Å²) in [5.41, 5.74) is -1.32. The largest absolute Gasteiger partial charge is 0.506 e. The van der Waals surface area contributed by atoms with Crippen molar-refractivity contribution in [3.05, 3.63) is 82.5 Å². The normalized spacial score (nSPS) is 17.4. The second kappa shape index (κ2) is 33.2. The minimum absolute atomic E-state index is 0.188. The third-order valence-electron chi connectivity index (χ3n) is 14.5. The number of halogens is 2. The third kappa shape index (κ3) is 25.4. The monoisotopic (exact) mass is 1290 g/mol. The van der Waals surface area contributed by atoms with Crippen molar-refractivity contribution in [3.63, 3.8) is 0 Å². The Morgan fingerprint density at radius 1 is 0.429 bits per heavy atom. The van der Waals surface area contributed by atoms with Gasteiger partial charge in [-0.25, -0.2) is 34.3 Å². The Morgan fingerprint density at radius 3 is 0.976 bits per heavy atom. The van der Waals surface area contributed by atoms with E-state index in [-0.39, 0.29) is 24.0 Å². The van der Waals surface area contributed by atoms with Gasteiger partial charge < -0.3 is 58.0 Å². The molecule has 21 heteroatoms. The van der Waals surface area contributed by atoms with E-state index in [1.807, 2.05) is 99.0 Å². The molecule has 9 heterocycles. The molecule has 5 aliphatic rings. The number of ether oxygens (including phenoxy) is 6. The van der Waals surface area contributed by atoms with E-state index < -0.39 is 16.8 Å². The number of pyridine rings is 4. The van der Waals surface area contributed by atoms with Crippen LogP contribution in [0, 0.1) is 17.8 Å². The molecule has 4 aromatic rings. The van der Waals surface area contributed by atoms with E-state index >= 15 is 0 Å². The Kier molecular flexibility index (Phi) is 26.6. The van der Waals surface area contributed by atoms with Crippen LogP contribution in [0.15, 0.2) is 82.5 Å². The molecule has 5 aliphatic heterocycles. The van der Waals surface area contributed by atoms with Crippen molar-refractivity contribution in [1.82, 2.24) is 34.6 Å². The van der Waals surface area contributed by atoms with Gasteiger partial charge in [0.15, 0.2) is 0 Å². The average Bonchev–Trinajstić information content (AvgIpc) is 3.66. The number of nitrogens with zero attached hydrogens (tertiary/aromatic N) is 9. The van der Waals surface area contributed by atoms with Crippen LogP contribution in [0.5, 0.6) is 23.0 Å². The topological polar surface area (TPSA) is 195 Å². The van der Waals surface area contributed by atoms with E-state index in [9.17, 15) is 14.4 Å². The summed E-state index contributed by atoms with van der Waals surface area (Å²) in [4.78, 5) is 63.3. The molecule has 464 valence electrons. The van der Waals surface area contributed by atoms with E-state index in [2.05, 4.69) is 73.7 Å². The Hall–Kier alpha value is -5.83. The second-order valence-corrected chi connectivity index (χ2v) is 26.7. The number of piperidine rings is 5. The SMILES string of the molecule is CC(C)(C)OC(=O)N1CCC(COc2ccc(Br)nc2)CC1.CC(C)(C)OC(=O)N1CCC(COc2ccc(N3CCCCC3)nc2)CC1.CC(C)(C)OC(=O)N1CCC(COc2ccc(N3CCCCC3)nc2)CC1.Oc1ccc(Br)nc1. The van der Waals surface area contributed by atoms with Crippen molar-refractivity contribution >= 4 is 61.8 Å². The number of hydrogen-bond donors (Lipinski definition) is 1. The molecule has 5 fully saturated rings. The van der Waals surface area contributed by atoms with Gasteiger partial charge in [0, 0.05) is 65.4 Å². The van der Waals surface area contributed by atoms with Gasteiger partial charge in [0.25, 0.3) is 0 Å². The number of carbonyl (C=O) groups excluding carboxylic acids is 3. The highest BCUT2D eigenvalue weighted by molar-refractivity contribution is 9.10. The summed E-state index contributed by atoms with van der Waals surface area (Å²) >= 11 is 6.42. The molecule has 0 aliphatic carbocycles. The lowest BCUT2D eigenvalue weighted by atomic mass is 9.98. The molecule has 0 bridgehead atoms. The lowest BCUT2D eigenvalue weighted by molar-refractivity contribution is 0.0155. The summed E-state index contributed by atoms with van der Waals surface area (Å²) in [5, 5.41) is 8.67. The maximum absolute atomic E-state index is 12.1. The molecule has 19 nitrogen and oxygen atoms in total. The highest BCUT2D eigenvalue weighted by atomic mass is 79.9. The van der Waals surface area contributed by atoms with Crippen molar-refractivity contribution in [2.45, 2.75) is 156 Å². The van der Waals surface area contributed by atoms with Gasteiger partial charge in [-0.2, -0.15) is 0 Å². The molecular formula is C63H93Br2N9O10. The van der Waals surface area contributed by atoms with Gasteiger partial charge in [-0.15, -0.1) is 0 Å². The first-order valence-corrected chi connectivity index (χ1v) is 31.7. The van der Waals surface area contributed by atoms with Crippen LogP contribution in [0.4, 0.5) is 26.0 Å². The number of rotatable bonds is 11. The number of hydrogen-bond acceptors (Lipinski definition) is 16. The molecule has 3 amide bonds. The van der Waals surface area contributed by atoms with Gasteiger partial charge in [0.05, 0.1) is 44.6 Å². The molecule has 5 saturated heterocycles. The predicted molar refractivity (Wildman–Crippen MR) is 334 cm³/mol. The zero-order chi connectivity index (χ0) is 60.7. The molecule has 1 N–H and O–H groups in total. The smallest absolute Gasteiger partial charge is 0.410 e. The minimum Gasteiger partial charge on any atom is -0.506 e. The van der Waals surface area contributed by atoms with Gasteiger partial charge in [-0.1, -0.05) is 0 Å². The molecule has 0 aromatic carbocycles. The van der Waals surface area contributed by atoms with Crippen LogP contribution in [-0.4, -0.2) is 160 Å². The predicted octanol–water partition coefficient (Wildman–Crippen LogP) is 13.6. The molecule has 0 saturated carbocycles. The maximum atomic E-state index is 12.1. The second-order valence-electron chi connectivity index (χ2n) is 25.1. The third-order valence-corrected chi connectivity index (χ3v) is 15.4. The van der Waals surface area contributed by atoms with Gasteiger partial charge in [0.1, 0.15) is 60.6 Å². The van der Waals surface area contributed by atoms with Crippen molar-refractivity contribution in [3.8, 4) is 23.0 Å². The molecule has 0 spiro atoms. The summed E-state index contributed by atoms with van der Waals surface area (Å²) in [6, 6.07) is 15.2. The van der Waals surface area contributed by atoms with E-state index in [0.717, 1.165) is 142 Å². The summed E-state index contributed by atoms with van der Waals surface area (Å²) < 4.78 is 35.5. The number of likely N-dealkylation sites (tertiary alicyclic amines) is 3. The van der Waals surface area contributed by atoms with E-state index in [4.69, 9.17) is 33.5 Å². The quantitative estimate of drug-likeness (QED) is 0.110. The number of aromatic nitrogens is 4. The Labute approximate surface area is 516 Å². The first kappa shape index (κ1) is 67.3. The van der Waals surface area contributed by atoms with Crippen molar-refractivity contribution in [1.29, 1.82) is 0 Å². The zero-order valence-electron chi connectivity index (χ0n) is 51.2.